The van der Waals surface area contributed by atoms with Crippen LogP contribution in [0.15, 0.2) is 46.9 Å². The van der Waals surface area contributed by atoms with E-state index in [1.54, 1.807) is 0 Å². The Morgan fingerprint density at radius 2 is 1.76 bits per heavy atom. The molecule has 1 aliphatic rings. The Kier molecular flexibility index (Phi) is 4.71. The van der Waals surface area contributed by atoms with Gasteiger partial charge in [-0.2, -0.15) is 0 Å². The smallest absolute Gasteiger partial charge is 0.0648 e. The van der Waals surface area contributed by atoms with Crippen molar-refractivity contribution in [1.82, 2.24) is 0 Å². The van der Waals surface area contributed by atoms with E-state index in [0.29, 0.717) is 0 Å². The largest absolute Gasteiger partial charge is 0.380 e. The van der Waals surface area contributed by atoms with Crippen molar-refractivity contribution >= 4 is 38.9 Å². The summed E-state index contributed by atoms with van der Waals surface area (Å²) in [5.41, 5.74) is 3.55. The van der Waals surface area contributed by atoms with Gasteiger partial charge in [0.2, 0.25) is 0 Å². The van der Waals surface area contributed by atoms with Crippen LogP contribution in [-0.4, -0.2) is 13.1 Å². The highest BCUT2D eigenvalue weighted by atomic mass is 79.9. The highest BCUT2D eigenvalue weighted by molar-refractivity contribution is 9.10. The molecule has 1 saturated heterocycles. The lowest BCUT2D eigenvalue weighted by Crippen LogP contribution is -2.17. The molecule has 110 valence electrons. The number of halogens is 2. The van der Waals surface area contributed by atoms with E-state index >= 15 is 0 Å². The molecule has 2 nitrogen and oxygen atoms in total. The van der Waals surface area contributed by atoms with Crippen LogP contribution in [0.2, 0.25) is 5.02 Å². The van der Waals surface area contributed by atoms with Gasteiger partial charge in [-0.15, -0.1) is 0 Å². The zero-order valence-electron chi connectivity index (χ0n) is 11.8. The first-order valence-electron chi connectivity index (χ1n) is 7.25. The summed E-state index contributed by atoms with van der Waals surface area (Å²) in [5.74, 6) is 0. The van der Waals surface area contributed by atoms with Crippen LogP contribution in [0.25, 0.3) is 0 Å². The summed E-state index contributed by atoms with van der Waals surface area (Å²) in [4.78, 5) is 2.45. The van der Waals surface area contributed by atoms with Gasteiger partial charge in [-0.3, -0.25) is 0 Å². The molecule has 0 spiro atoms. The predicted molar refractivity (Wildman–Crippen MR) is 94.4 cm³/mol. The Bertz CT molecular complexity index is 607. The van der Waals surface area contributed by atoms with Crippen LogP contribution in [0.3, 0.4) is 0 Å². The van der Waals surface area contributed by atoms with Gasteiger partial charge in [-0.1, -0.05) is 39.7 Å². The molecular weight excluding hydrogens is 348 g/mol. The lowest BCUT2D eigenvalue weighted by atomic mass is 10.2. The molecule has 1 N–H and O–H groups in total. The van der Waals surface area contributed by atoms with Crippen molar-refractivity contribution in [1.29, 1.82) is 0 Å². The van der Waals surface area contributed by atoms with Crippen molar-refractivity contribution in [2.24, 2.45) is 0 Å². The summed E-state index contributed by atoms with van der Waals surface area (Å²) in [7, 11) is 0. The van der Waals surface area contributed by atoms with Crippen molar-refractivity contribution in [2.45, 2.75) is 19.4 Å². The van der Waals surface area contributed by atoms with Crippen molar-refractivity contribution < 1.29 is 0 Å². The molecule has 1 fully saturated rings. The molecule has 2 aromatic carbocycles. The van der Waals surface area contributed by atoms with Crippen molar-refractivity contribution in [3.05, 3.63) is 57.5 Å². The quantitative estimate of drug-likeness (QED) is 0.789. The molecule has 0 amide bonds. The van der Waals surface area contributed by atoms with Gasteiger partial charge in [0.15, 0.2) is 0 Å². The monoisotopic (exact) mass is 364 g/mol. The Balaban J connectivity index is 1.62. The first-order valence-corrected chi connectivity index (χ1v) is 8.42. The van der Waals surface area contributed by atoms with Gasteiger partial charge in [0.25, 0.3) is 0 Å². The van der Waals surface area contributed by atoms with E-state index < -0.39 is 0 Å². The van der Waals surface area contributed by atoms with Crippen molar-refractivity contribution in [3.8, 4) is 0 Å². The average molecular weight is 366 g/mol. The molecule has 0 aliphatic carbocycles. The standard InChI is InChI=1S/C17H18BrClN2/c18-14-5-8-17(16(19)11-14)20-12-13-3-6-15(7-4-13)21-9-1-2-10-21/h3-8,11,20H,1-2,9-10,12H2. The molecule has 1 heterocycles. The summed E-state index contributed by atoms with van der Waals surface area (Å²) in [6.45, 7) is 3.15. The number of hydrogen-bond donors (Lipinski definition) is 1. The molecule has 0 radical (unpaired) electrons. The molecule has 1 aliphatic heterocycles. The van der Waals surface area contributed by atoms with Gasteiger partial charge in [0.05, 0.1) is 10.7 Å². The summed E-state index contributed by atoms with van der Waals surface area (Å²) in [6, 6.07) is 14.7. The van der Waals surface area contributed by atoms with Gasteiger partial charge in [-0.25, -0.2) is 0 Å². The molecule has 21 heavy (non-hydrogen) atoms. The number of nitrogens with zero attached hydrogens (tertiary/aromatic N) is 1. The number of anilines is 2. The van der Waals surface area contributed by atoms with Crippen LogP contribution < -0.4 is 10.2 Å². The van der Waals surface area contributed by atoms with Gasteiger partial charge in [0, 0.05) is 29.8 Å². The molecular formula is C17H18BrClN2. The van der Waals surface area contributed by atoms with Crippen LogP contribution in [0, 0.1) is 0 Å². The van der Waals surface area contributed by atoms with Crippen molar-refractivity contribution in [2.75, 3.05) is 23.3 Å². The van der Waals surface area contributed by atoms with E-state index in [4.69, 9.17) is 11.6 Å². The van der Waals surface area contributed by atoms with Gasteiger partial charge >= 0.3 is 0 Å². The molecule has 0 saturated carbocycles. The summed E-state index contributed by atoms with van der Waals surface area (Å²) < 4.78 is 0.994. The van der Waals surface area contributed by atoms with E-state index in [-0.39, 0.29) is 0 Å². The SMILES string of the molecule is Clc1cc(Br)ccc1NCc1ccc(N2CCCC2)cc1. The number of rotatable bonds is 4. The topological polar surface area (TPSA) is 15.3 Å². The zero-order chi connectivity index (χ0) is 14.7. The van der Waals surface area contributed by atoms with Gasteiger partial charge in [0.1, 0.15) is 0 Å². The van der Waals surface area contributed by atoms with Crippen LogP contribution in [0.5, 0.6) is 0 Å². The second-order valence-electron chi connectivity index (χ2n) is 5.34. The van der Waals surface area contributed by atoms with Crippen LogP contribution >= 0.6 is 27.5 Å². The highest BCUT2D eigenvalue weighted by Gasteiger charge is 2.11. The lowest BCUT2D eigenvalue weighted by Gasteiger charge is -2.18. The van der Waals surface area contributed by atoms with Crippen molar-refractivity contribution in [3.63, 3.8) is 0 Å². The fourth-order valence-electron chi connectivity index (χ4n) is 2.63. The third-order valence-corrected chi connectivity index (χ3v) is 4.63. The fraction of sp³-hybridized carbons (Fsp3) is 0.294. The normalized spacial score (nSPS) is 14.5. The lowest BCUT2D eigenvalue weighted by molar-refractivity contribution is 0.949. The second kappa shape index (κ2) is 6.71. The van der Waals surface area contributed by atoms with E-state index in [1.807, 2.05) is 18.2 Å². The number of benzene rings is 2. The Labute approximate surface area is 139 Å². The third kappa shape index (κ3) is 3.72. The molecule has 0 bridgehead atoms. The highest BCUT2D eigenvalue weighted by Crippen LogP contribution is 2.26. The fourth-order valence-corrected chi connectivity index (χ4v) is 3.37. The summed E-state index contributed by atoms with van der Waals surface area (Å²) >= 11 is 9.62. The number of hydrogen-bond acceptors (Lipinski definition) is 2. The second-order valence-corrected chi connectivity index (χ2v) is 6.66. The minimum Gasteiger partial charge on any atom is -0.380 e. The molecule has 0 aromatic heterocycles. The van der Waals surface area contributed by atoms with E-state index in [2.05, 4.69) is 50.4 Å². The Morgan fingerprint density at radius 1 is 1.05 bits per heavy atom. The van der Waals surface area contributed by atoms with E-state index in [1.165, 1.54) is 37.2 Å². The van der Waals surface area contributed by atoms with Crippen LogP contribution in [0.4, 0.5) is 11.4 Å². The number of nitrogens with one attached hydrogen (secondary N) is 1. The Hall–Kier alpha value is -1.19. The summed E-state index contributed by atoms with van der Waals surface area (Å²) in [5, 5.41) is 4.11. The zero-order valence-corrected chi connectivity index (χ0v) is 14.1. The average Bonchev–Trinajstić information content (AvgIpc) is 3.01. The Morgan fingerprint density at radius 3 is 2.43 bits per heavy atom. The van der Waals surface area contributed by atoms with Gasteiger partial charge < -0.3 is 10.2 Å². The van der Waals surface area contributed by atoms with Crippen LogP contribution in [0.1, 0.15) is 18.4 Å². The predicted octanol–water partition coefficient (Wildman–Crippen LogP) is 5.31. The first-order chi connectivity index (χ1) is 10.2. The third-order valence-electron chi connectivity index (χ3n) is 3.82. The first kappa shape index (κ1) is 14.7. The molecule has 3 rings (SSSR count). The minimum absolute atomic E-state index is 0.734. The molecule has 2 aromatic rings. The maximum Gasteiger partial charge on any atom is 0.0648 e. The van der Waals surface area contributed by atoms with Gasteiger partial charge in [-0.05, 0) is 48.7 Å². The minimum atomic E-state index is 0.734. The molecule has 4 heteroatoms. The van der Waals surface area contributed by atoms with Crippen LogP contribution in [-0.2, 0) is 6.54 Å². The maximum absolute atomic E-state index is 6.21. The molecule has 0 atom stereocenters. The van der Waals surface area contributed by atoms with E-state index in [0.717, 1.165) is 21.7 Å². The molecule has 0 unspecified atom stereocenters. The van der Waals surface area contributed by atoms with E-state index in [9.17, 15) is 0 Å². The maximum atomic E-state index is 6.21. The summed E-state index contributed by atoms with van der Waals surface area (Å²) in [6.07, 6.45) is 2.62.